The monoisotopic (exact) mass is 707 g/mol. The van der Waals surface area contributed by atoms with Crippen LogP contribution in [0.25, 0.3) is 0 Å². The van der Waals surface area contributed by atoms with Gasteiger partial charge in [-0.2, -0.15) is 4.31 Å². The predicted molar refractivity (Wildman–Crippen MR) is 176 cm³/mol. The van der Waals surface area contributed by atoms with Gasteiger partial charge in [0.05, 0.1) is 17.6 Å². The number of alkyl carbamates (subject to hydrolysis) is 1. The predicted octanol–water partition coefficient (Wildman–Crippen LogP) is 2.03. The number of hydrogen-bond donors (Lipinski definition) is 3. The third-order valence-electron chi connectivity index (χ3n) is 8.07. The highest BCUT2D eigenvalue weighted by Crippen LogP contribution is 2.45. The number of β-amino-alcohol motifs (C(OH)–C–C–N with tert-alkyl or cyclic N) is 1. The van der Waals surface area contributed by atoms with Crippen LogP contribution in [-0.4, -0.2) is 107 Å². The summed E-state index contributed by atoms with van der Waals surface area (Å²) in [5.41, 5.74) is -2.98. The summed E-state index contributed by atoms with van der Waals surface area (Å²) in [5, 5.41) is 27.4. The molecule has 1 aliphatic carbocycles. The van der Waals surface area contributed by atoms with E-state index in [2.05, 4.69) is 23.8 Å². The highest BCUT2D eigenvalue weighted by atomic mass is 32.2. The second kappa shape index (κ2) is 15.9. The van der Waals surface area contributed by atoms with Gasteiger partial charge < -0.3 is 30.1 Å². The fraction of sp³-hybridized carbons (Fsp3) is 0.562. The van der Waals surface area contributed by atoms with Crippen LogP contribution in [0.3, 0.4) is 0 Å². The number of carbonyl (C=O) groups is 4. The van der Waals surface area contributed by atoms with Gasteiger partial charge in [0.1, 0.15) is 23.2 Å². The number of nitro groups is 1. The van der Waals surface area contributed by atoms with Gasteiger partial charge in [-0.05, 0) is 53.0 Å². The molecule has 1 saturated heterocycles. The third-order valence-corrected chi connectivity index (χ3v) is 10.0. The molecule has 2 fully saturated rings. The Morgan fingerprint density at radius 2 is 1.90 bits per heavy atom. The molecule has 0 unspecified atom stereocenters. The number of rotatable bonds is 16. The van der Waals surface area contributed by atoms with Crippen LogP contribution in [0.1, 0.15) is 53.4 Å². The molecule has 3 amide bonds. The summed E-state index contributed by atoms with van der Waals surface area (Å²) in [4.78, 5) is 64.8. The Bertz CT molecular complexity index is 1560. The van der Waals surface area contributed by atoms with E-state index in [0.717, 1.165) is 21.3 Å². The summed E-state index contributed by atoms with van der Waals surface area (Å²) in [6.07, 6.45) is 0.719. The van der Waals surface area contributed by atoms with E-state index >= 15 is 0 Å². The Balaban J connectivity index is 1.93. The number of ether oxygens (including phenoxy) is 2. The maximum atomic E-state index is 14.1. The van der Waals surface area contributed by atoms with E-state index in [1.54, 1.807) is 27.7 Å². The van der Waals surface area contributed by atoms with E-state index in [1.165, 1.54) is 24.3 Å². The molecular weight excluding hydrogens is 662 g/mol. The number of para-hydroxylation sites is 1. The van der Waals surface area contributed by atoms with Gasteiger partial charge in [0.2, 0.25) is 21.8 Å². The number of likely N-dealkylation sites (tertiary alicyclic amines) is 1. The zero-order valence-electron chi connectivity index (χ0n) is 28.1. The number of hydrogen-bond acceptors (Lipinski definition) is 11. The molecule has 16 nitrogen and oxygen atoms in total. The van der Waals surface area contributed by atoms with E-state index in [0.29, 0.717) is 0 Å². The first-order chi connectivity index (χ1) is 22.9. The molecule has 1 saturated carbocycles. The van der Waals surface area contributed by atoms with Crippen LogP contribution < -0.4 is 10.6 Å². The first-order valence-electron chi connectivity index (χ1n) is 15.9. The average molecular weight is 708 g/mol. The van der Waals surface area contributed by atoms with Gasteiger partial charge in [0, 0.05) is 38.0 Å². The summed E-state index contributed by atoms with van der Waals surface area (Å²) in [7, 11) is -4.49. The van der Waals surface area contributed by atoms with Crippen LogP contribution in [-0.2, 0) is 33.9 Å². The number of sulfonamides is 1. The molecule has 0 radical (unpaired) electrons. The van der Waals surface area contributed by atoms with E-state index < -0.39 is 91.2 Å². The second-order valence-corrected chi connectivity index (χ2v) is 14.7. The zero-order chi connectivity index (χ0) is 36.7. The molecule has 1 aromatic carbocycles. The molecule has 3 rings (SSSR count). The Labute approximate surface area is 285 Å². The van der Waals surface area contributed by atoms with Crippen LogP contribution in [0.4, 0.5) is 10.5 Å². The summed E-state index contributed by atoms with van der Waals surface area (Å²) in [6, 6.07) is 2.11. The average Bonchev–Trinajstić information content (AvgIpc) is 3.60. The van der Waals surface area contributed by atoms with Gasteiger partial charge in [-0.15, -0.1) is 13.2 Å². The van der Waals surface area contributed by atoms with Crippen molar-refractivity contribution in [2.75, 3.05) is 26.2 Å². The van der Waals surface area contributed by atoms with Crippen LogP contribution in [0.15, 0.2) is 54.5 Å². The minimum Gasteiger partial charge on any atom is -0.464 e. The van der Waals surface area contributed by atoms with Gasteiger partial charge in [-0.1, -0.05) is 24.3 Å². The van der Waals surface area contributed by atoms with E-state index in [4.69, 9.17) is 9.47 Å². The lowest BCUT2D eigenvalue weighted by molar-refractivity contribution is -0.387. The number of nitrogens with one attached hydrogen (secondary N) is 2. The molecule has 0 bridgehead atoms. The van der Waals surface area contributed by atoms with Crippen molar-refractivity contribution >= 4 is 39.6 Å². The van der Waals surface area contributed by atoms with Crippen molar-refractivity contribution in [2.45, 2.75) is 87.6 Å². The van der Waals surface area contributed by atoms with Gasteiger partial charge in [-0.3, -0.25) is 19.7 Å². The normalized spacial score (nSPS) is 22.5. The molecular formula is C32H45N5O11S. The Kier molecular flexibility index (Phi) is 12.7. The van der Waals surface area contributed by atoms with Crippen molar-refractivity contribution in [3.05, 3.63) is 59.7 Å². The lowest BCUT2D eigenvalue weighted by Gasteiger charge is -2.31. The Morgan fingerprint density at radius 1 is 1.22 bits per heavy atom. The van der Waals surface area contributed by atoms with Crippen LogP contribution >= 0.6 is 0 Å². The van der Waals surface area contributed by atoms with Crippen LogP contribution in [0.2, 0.25) is 0 Å². The number of aliphatic hydroxyl groups is 1. The fourth-order valence-electron chi connectivity index (χ4n) is 5.60. The maximum absolute atomic E-state index is 14.1. The number of aliphatic hydroxyl groups excluding tert-OH is 1. The lowest BCUT2D eigenvalue weighted by Crippen LogP contribution is -2.57. The molecule has 5 atom stereocenters. The van der Waals surface area contributed by atoms with Crippen molar-refractivity contribution in [1.29, 1.82) is 0 Å². The number of nitro benzene ring substituents is 1. The molecule has 2 aliphatic rings. The molecule has 0 spiro atoms. The van der Waals surface area contributed by atoms with E-state index in [1.807, 2.05) is 0 Å². The summed E-state index contributed by atoms with van der Waals surface area (Å²) < 4.78 is 38.9. The lowest BCUT2D eigenvalue weighted by atomic mass is 10.1. The number of carbonyl (C=O) groups excluding carboxylic acids is 4. The molecule has 0 aromatic heterocycles. The standard InChI is InChI=1S/C32H45N5O11S/c1-7-10-16-35(49(45,46)26-14-12-11-13-24(26)37(43)44)17-15-23(33-30(42)48-31(4,5)6)28(40)36-20-22(38)18-25(36)27(39)34-32(19-21(32)8-2)29(41)47-9-3/h7-8,11-14,21-23,25,38H,1-2,9-10,15-20H2,3-6H3,(H,33,42)(H,34,39)/t21-,22+,23-,25-,32-/m0/s1. The summed E-state index contributed by atoms with van der Waals surface area (Å²) in [6.45, 7) is 13.0. The highest BCUT2D eigenvalue weighted by Gasteiger charge is 2.62. The topological polar surface area (TPSA) is 215 Å². The molecule has 270 valence electrons. The zero-order valence-corrected chi connectivity index (χ0v) is 28.9. The van der Waals surface area contributed by atoms with E-state index in [-0.39, 0.29) is 45.4 Å². The molecule has 1 aliphatic heterocycles. The largest absolute Gasteiger partial charge is 0.464 e. The minimum absolute atomic E-state index is 0.0717. The molecule has 17 heteroatoms. The van der Waals surface area contributed by atoms with Gasteiger partial charge in [-0.25, -0.2) is 18.0 Å². The Morgan fingerprint density at radius 3 is 2.47 bits per heavy atom. The van der Waals surface area contributed by atoms with Crippen molar-refractivity contribution in [1.82, 2.24) is 19.8 Å². The maximum Gasteiger partial charge on any atom is 0.408 e. The quantitative estimate of drug-likeness (QED) is 0.0978. The van der Waals surface area contributed by atoms with Crippen molar-refractivity contribution in [2.24, 2.45) is 5.92 Å². The van der Waals surface area contributed by atoms with Gasteiger partial charge in [0.15, 0.2) is 4.90 Å². The fourth-order valence-corrected chi connectivity index (χ4v) is 7.23. The van der Waals surface area contributed by atoms with Crippen molar-refractivity contribution in [3.63, 3.8) is 0 Å². The number of esters is 1. The molecule has 1 heterocycles. The second-order valence-electron chi connectivity index (χ2n) is 12.8. The van der Waals surface area contributed by atoms with Crippen molar-refractivity contribution < 1.29 is 47.1 Å². The number of benzene rings is 1. The first kappa shape index (κ1) is 39.1. The van der Waals surface area contributed by atoms with Crippen molar-refractivity contribution in [3.8, 4) is 0 Å². The first-order valence-corrected chi connectivity index (χ1v) is 17.3. The van der Waals surface area contributed by atoms with Gasteiger partial charge in [0.25, 0.3) is 5.69 Å². The number of amides is 3. The highest BCUT2D eigenvalue weighted by molar-refractivity contribution is 7.89. The Hall–Kier alpha value is -4.35. The minimum atomic E-state index is -4.49. The molecule has 3 N–H and O–H groups in total. The van der Waals surface area contributed by atoms with Gasteiger partial charge >= 0.3 is 12.1 Å². The third kappa shape index (κ3) is 9.42. The summed E-state index contributed by atoms with van der Waals surface area (Å²) >= 11 is 0. The van der Waals surface area contributed by atoms with Crippen LogP contribution in [0, 0.1) is 16.0 Å². The number of nitrogens with zero attached hydrogens (tertiary/aromatic N) is 3. The summed E-state index contributed by atoms with van der Waals surface area (Å²) in [5.74, 6) is -2.62. The van der Waals surface area contributed by atoms with E-state index in [9.17, 15) is 42.8 Å². The molecule has 49 heavy (non-hydrogen) atoms. The SMILES string of the molecule is C=CCCN(CC[C@H](NC(=O)OC(C)(C)C)C(=O)N1C[C@H](O)C[C@H]1C(=O)N[C@@]1(C(=O)OCC)C[C@@H]1C=C)S(=O)(=O)c1ccccc1[N+](=O)[O-]. The molecule has 1 aromatic rings. The smallest absolute Gasteiger partial charge is 0.408 e. The van der Waals surface area contributed by atoms with Crippen LogP contribution in [0.5, 0.6) is 0 Å².